The first-order valence-corrected chi connectivity index (χ1v) is 8.95. The summed E-state index contributed by atoms with van der Waals surface area (Å²) in [4.78, 5) is 28.8. The van der Waals surface area contributed by atoms with Gasteiger partial charge < -0.3 is 25.5 Å². The van der Waals surface area contributed by atoms with Crippen LogP contribution in [0.2, 0.25) is 0 Å². The molecule has 0 aliphatic rings. The van der Waals surface area contributed by atoms with Crippen molar-refractivity contribution in [3.63, 3.8) is 0 Å². The third kappa shape index (κ3) is 28.5. The highest BCUT2D eigenvalue weighted by Gasteiger charge is 1.91. The molecular formula is C24H34O8. The molecule has 1 aromatic rings. The van der Waals surface area contributed by atoms with E-state index in [1.807, 2.05) is 36.4 Å². The van der Waals surface area contributed by atoms with Crippen LogP contribution in [0.1, 0.15) is 31.9 Å². The van der Waals surface area contributed by atoms with Crippen molar-refractivity contribution in [2.75, 3.05) is 13.2 Å². The first-order valence-electron chi connectivity index (χ1n) is 8.95. The van der Waals surface area contributed by atoms with Crippen LogP contribution in [0.5, 0.6) is 0 Å². The number of carboxylic acids is 3. The number of aliphatic hydroxyl groups is 2. The Bertz CT molecular complexity index is 654. The Hall–Kier alpha value is -3.75. The molecule has 0 amide bonds. The van der Waals surface area contributed by atoms with Crippen molar-refractivity contribution < 1.29 is 39.9 Å². The maximum absolute atomic E-state index is 9.60. The van der Waals surface area contributed by atoms with Crippen molar-refractivity contribution >= 4 is 30.1 Å². The summed E-state index contributed by atoms with van der Waals surface area (Å²) in [6, 6.07) is 8.02. The molecule has 0 unspecified atom stereocenters. The lowest BCUT2D eigenvalue weighted by molar-refractivity contribution is -0.133. The zero-order chi connectivity index (χ0) is 26.3. The molecule has 0 fully saturated rings. The van der Waals surface area contributed by atoms with E-state index in [4.69, 9.17) is 25.5 Å². The Morgan fingerprint density at radius 3 is 0.969 bits per heavy atom. The molecule has 0 aliphatic carbocycles. The molecule has 8 heteroatoms. The summed E-state index contributed by atoms with van der Waals surface area (Å²) < 4.78 is 0. The van der Waals surface area contributed by atoms with Crippen LogP contribution in [-0.4, -0.2) is 56.7 Å². The third-order valence-electron chi connectivity index (χ3n) is 2.63. The molecule has 0 heterocycles. The summed E-state index contributed by atoms with van der Waals surface area (Å²) in [6.07, 6.45) is 3.66. The molecule has 0 radical (unpaired) electrons. The number of hydrogen-bond donors (Lipinski definition) is 5. The van der Waals surface area contributed by atoms with Crippen molar-refractivity contribution in [3.8, 4) is 0 Å². The Kier molecular flexibility index (Phi) is 26.2. The molecule has 0 saturated carbocycles. The van der Waals surface area contributed by atoms with Gasteiger partial charge in [0.1, 0.15) is 0 Å². The molecule has 5 N–H and O–H groups in total. The largest absolute Gasteiger partial charge is 0.478 e. The van der Waals surface area contributed by atoms with Crippen LogP contribution in [0.15, 0.2) is 73.9 Å². The van der Waals surface area contributed by atoms with Gasteiger partial charge in [-0.3, -0.25) is 0 Å². The molecule has 1 rings (SSSR count). The molecule has 0 spiro atoms. The summed E-state index contributed by atoms with van der Waals surface area (Å²) in [7, 11) is 0. The maximum atomic E-state index is 9.60. The highest BCUT2D eigenvalue weighted by molar-refractivity contribution is 5.85. The molecule has 0 aliphatic heterocycles. The molecule has 0 atom stereocenters. The zero-order valence-electron chi connectivity index (χ0n) is 18.9. The SMILES string of the molecule is C=C(C)C(=O)O.C=C(C)C(=O)O.C=C(C)C(=O)O.C=Cc1ccccc1C=C.OCCO. The number of rotatable bonds is 6. The van der Waals surface area contributed by atoms with E-state index in [1.165, 1.54) is 20.8 Å². The van der Waals surface area contributed by atoms with Crippen LogP contribution in [0, 0.1) is 0 Å². The zero-order valence-corrected chi connectivity index (χ0v) is 18.9. The second-order valence-corrected chi connectivity index (χ2v) is 5.74. The highest BCUT2D eigenvalue weighted by Crippen LogP contribution is 2.10. The van der Waals surface area contributed by atoms with Gasteiger partial charge in [-0.15, -0.1) is 0 Å². The van der Waals surface area contributed by atoms with E-state index >= 15 is 0 Å². The lowest BCUT2D eigenvalue weighted by Gasteiger charge is -1.96. The second kappa shape index (κ2) is 23.5. The third-order valence-corrected chi connectivity index (χ3v) is 2.63. The average molecular weight is 451 g/mol. The minimum atomic E-state index is -0.935. The lowest BCUT2D eigenvalue weighted by Crippen LogP contribution is -1.92. The highest BCUT2D eigenvalue weighted by atomic mass is 16.4. The van der Waals surface area contributed by atoms with E-state index in [2.05, 4.69) is 32.9 Å². The van der Waals surface area contributed by atoms with E-state index in [0.717, 1.165) is 11.1 Å². The Morgan fingerprint density at radius 2 is 0.875 bits per heavy atom. The van der Waals surface area contributed by atoms with Crippen molar-refractivity contribution in [1.82, 2.24) is 0 Å². The van der Waals surface area contributed by atoms with Gasteiger partial charge in [-0.2, -0.15) is 0 Å². The predicted molar refractivity (Wildman–Crippen MR) is 128 cm³/mol. The van der Waals surface area contributed by atoms with Crippen LogP contribution < -0.4 is 0 Å². The van der Waals surface area contributed by atoms with Crippen LogP contribution in [0.3, 0.4) is 0 Å². The van der Waals surface area contributed by atoms with Crippen LogP contribution in [-0.2, 0) is 14.4 Å². The van der Waals surface area contributed by atoms with E-state index in [0.29, 0.717) is 0 Å². The van der Waals surface area contributed by atoms with Gasteiger partial charge in [0.05, 0.1) is 13.2 Å². The van der Waals surface area contributed by atoms with Gasteiger partial charge in [0.25, 0.3) is 0 Å². The van der Waals surface area contributed by atoms with E-state index in [1.54, 1.807) is 0 Å². The van der Waals surface area contributed by atoms with Crippen LogP contribution in [0.25, 0.3) is 12.2 Å². The minimum absolute atomic E-state index is 0.125. The molecular weight excluding hydrogens is 416 g/mol. The Balaban J connectivity index is -0.000000159. The maximum Gasteiger partial charge on any atom is 0.330 e. The smallest absolute Gasteiger partial charge is 0.330 e. The summed E-state index contributed by atoms with van der Waals surface area (Å²) in [6.45, 7) is 20.9. The Labute approximate surface area is 189 Å². The fraction of sp³-hybridized carbons (Fsp3) is 0.208. The molecule has 1 aromatic carbocycles. The molecule has 0 saturated heterocycles. The van der Waals surface area contributed by atoms with Crippen molar-refractivity contribution in [2.45, 2.75) is 20.8 Å². The lowest BCUT2D eigenvalue weighted by atomic mass is 10.1. The van der Waals surface area contributed by atoms with Gasteiger partial charge in [-0.1, -0.05) is 69.3 Å². The van der Waals surface area contributed by atoms with Crippen molar-refractivity contribution in [3.05, 3.63) is 85.0 Å². The van der Waals surface area contributed by atoms with Crippen LogP contribution >= 0.6 is 0 Å². The minimum Gasteiger partial charge on any atom is -0.478 e. The summed E-state index contributed by atoms with van der Waals surface area (Å²) >= 11 is 0. The summed E-state index contributed by atoms with van der Waals surface area (Å²) in [5, 5.41) is 38.9. The summed E-state index contributed by atoms with van der Waals surface area (Å²) in [5.74, 6) is -2.81. The molecule has 178 valence electrons. The second-order valence-electron chi connectivity index (χ2n) is 5.74. The fourth-order valence-corrected chi connectivity index (χ4v) is 0.883. The number of hydrogen-bond acceptors (Lipinski definition) is 5. The number of aliphatic hydroxyl groups excluding tert-OH is 2. The first-order chi connectivity index (χ1) is 14.7. The van der Waals surface area contributed by atoms with Crippen molar-refractivity contribution in [2.24, 2.45) is 0 Å². The molecule has 0 bridgehead atoms. The average Bonchev–Trinajstić information content (AvgIpc) is 2.74. The first kappa shape index (κ1) is 35.7. The quantitative estimate of drug-likeness (QED) is 0.409. The predicted octanol–water partition coefficient (Wildman–Crippen LogP) is 3.88. The van der Waals surface area contributed by atoms with Gasteiger partial charge in [-0.05, 0) is 31.9 Å². The summed E-state index contributed by atoms with van der Waals surface area (Å²) in [5.41, 5.74) is 2.80. The van der Waals surface area contributed by atoms with Gasteiger partial charge >= 0.3 is 17.9 Å². The monoisotopic (exact) mass is 450 g/mol. The number of carboxylic acid groups (broad SMARTS) is 3. The van der Waals surface area contributed by atoms with Crippen LogP contribution in [0.4, 0.5) is 0 Å². The fourth-order valence-electron chi connectivity index (χ4n) is 0.883. The number of benzene rings is 1. The van der Waals surface area contributed by atoms with Gasteiger partial charge in [-0.25, -0.2) is 14.4 Å². The van der Waals surface area contributed by atoms with E-state index < -0.39 is 17.9 Å². The van der Waals surface area contributed by atoms with E-state index in [9.17, 15) is 14.4 Å². The number of carbonyl (C=O) groups is 3. The van der Waals surface area contributed by atoms with Gasteiger partial charge in [0.2, 0.25) is 0 Å². The Morgan fingerprint density at radius 1 is 0.688 bits per heavy atom. The van der Waals surface area contributed by atoms with E-state index in [-0.39, 0.29) is 29.9 Å². The molecule has 8 nitrogen and oxygen atoms in total. The van der Waals surface area contributed by atoms with Gasteiger partial charge in [0.15, 0.2) is 0 Å². The number of aliphatic carboxylic acids is 3. The normalized spacial score (nSPS) is 7.91. The molecule has 32 heavy (non-hydrogen) atoms. The molecule has 0 aromatic heterocycles. The van der Waals surface area contributed by atoms with Crippen molar-refractivity contribution in [1.29, 1.82) is 0 Å². The van der Waals surface area contributed by atoms with Gasteiger partial charge in [0, 0.05) is 16.7 Å². The topological polar surface area (TPSA) is 152 Å². The standard InChI is InChI=1S/C10H10.3C4H6O2.C2H6O2/c1-3-9-7-5-6-8-10(9)4-2;3*1-3(2)4(5)6;3-1-2-4/h3-8H,1-2H2;3*1H2,2H3,(H,5,6);3-4H,1-2H2.